The zero-order chi connectivity index (χ0) is 11.8. The molecule has 0 amide bonds. The van der Waals surface area contributed by atoms with Crippen LogP contribution in [0, 0.1) is 11.3 Å². The molecule has 4 heteroatoms. The largest absolute Gasteiger partial charge is 0.383 e. The summed E-state index contributed by atoms with van der Waals surface area (Å²) in [5.41, 5.74) is 2.57. The SMILES string of the molecule is CCc1ncc(CNCCOC)cc1C#N. The van der Waals surface area contributed by atoms with Gasteiger partial charge in [-0.3, -0.25) is 4.98 Å². The predicted molar refractivity (Wildman–Crippen MR) is 61.9 cm³/mol. The van der Waals surface area contributed by atoms with Crippen molar-refractivity contribution < 1.29 is 4.74 Å². The lowest BCUT2D eigenvalue weighted by Crippen LogP contribution is -2.18. The lowest BCUT2D eigenvalue weighted by Gasteiger charge is -2.06. The number of aryl methyl sites for hydroxylation is 1. The Morgan fingerprint density at radius 3 is 3.00 bits per heavy atom. The second kappa shape index (κ2) is 6.94. The van der Waals surface area contributed by atoms with Crippen LogP contribution in [-0.4, -0.2) is 25.2 Å². The fourth-order valence-electron chi connectivity index (χ4n) is 1.42. The highest BCUT2D eigenvalue weighted by atomic mass is 16.5. The van der Waals surface area contributed by atoms with Crippen LogP contribution >= 0.6 is 0 Å². The van der Waals surface area contributed by atoms with E-state index in [2.05, 4.69) is 16.4 Å². The van der Waals surface area contributed by atoms with Crippen LogP contribution in [0.4, 0.5) is 0 Å². The van der Waals surface area contributed by atoms with Crippen molar-refractivity contribution in [3.05, 3.63) is 29.1 Å². The first-order valence-corrected chi connectivity index (χ1v) is 5.39. The molecular weight excluding hydrogens is 202 g/mol. The summed E-state index contributed by atoms with van der Waals surface area (Å²) in [7, 11) is 1.67. The third kappa shape index (κ3) is 3.61. The number of pyridine rings is 1. The quantitative estimate of drug-likeness (QED) is 0.732. The summed E-state index contributed by atoms with van der Waals surface area (Å²) in [6, 6.07) is 4.07. The first-order chi connectivity index (χ1) is 7.81. The Labute approximate surface area is 96.3 Å². The van der Waals surface area contributed by atoms with Crippen LogP contribution in [0.3, 0.4) is 0 Å². The van der Waals surface area contributed by atoms with Crippen LogP contribution in [0.15, 0.2) is 12.3 Å². The molecule has 0 aromatic carbocycles. The average Bonchev–Trinajstić information content (AvgIpc) is 2.34. The van der Waals surface area contributed by atoms with Gasteiger partial charge in [-0.15, -0.1) is 0 Å². The molecule has 1 heterocycles. The molecular formula is C12H17N3O. The number of nitrogens with zero attached hydrogens (tertiary/aromatic N) is 2. The summed E-state index contributed by atoms with van der Waals surface area (Å²) in [5.74, 6) is 0. The van der Waals surface area contributed by atoms with E-state index < -0.39 is 0 Å². The zero-order valence-electron chi connectivity index (χ0n) is 9.79. The van der Waals surface area contributed by atoms with Gasteiger partial charge >= 0.3 is 0 Å². The van der Waals surface area contributed by atoms with E-state index in [1.54, 1.807) is 7.11 Å². The molecule has 0 unspecified atom stereocenters. The molecule has 0 fully saturated rings. The molecule has 0 aliphatic carbocycles. The van der Waals surface area contributed by atoms with Crippen molar-refractivity contribution in [1.82, 2.24) is 10.3 Å². The number of ether oxygens (including phenoxy) is 1. The van der Waals surface area contributed by atoms with Gasteiger partial charge in [-0.2, -0.15) is 5.26 Å². The first-order valence-electron chi connectivity index (χ1n) is 5.39. The van der Waals surface area contributed by atoms with Gasteiger partial charge in [0.2, 0.25) is 0 Å². The molecule has 16 heavy (non-hydrogen) atoms. The number of hydrogen-bond donors (Lipinski definition) is 1. The molecule has 4 nitrogen and oxygen atoms in total. The maximum absolute atomic E-state index is 8.95. The van der Waals surface area contributed by atoms with Crippen LogP contribution in [0.25, 0.3) is 0 Å². The molecule has 1 N–H and O–H groups in total. The second-order valence-corrected chi connectivity index (χ2v) is 3.47. The van der Waals surface area contributed by atoms with Crippen molar-refractivity contribution >= 4 is 0 Å². The van der Waals surface area contributed by atoms with Crippen molar-refractivity contribution in [3.63, 3.8) is 0 Å². The maximum Gasteiger partial charge on any atom is 0.101 e. The Morgan fingerprint density at radius 1 is 1.56 bits per heavy atom. The summed E-state index contributed by atoms with van der Waals surface area (Å²) in [4.78, 5) is 4.27. The van der Waals surface area contributed by atoms with Gasteiger partial charge in [0.05, 0.1) is 17.9 Å². The molecule has 0 atom stereocenters. The fraction of sp³-hybridized carbons (Fsp3) is 0.500. The van der Waals surface area contributed by atoms with Crippen molar-refractivity contribution in [2.24, 2.45) is 0 Å². The highest BCUT2D eigenvalue weighted by Crippen LogP contribution is 2.08. The Morgan fingerprint density at radius 2 is 2.38 bits per heavy atom. The monoisotopic (exact) mass is 219 g/mol. The molecule has 0 saturated carbocycles. The van der Waals surface area contributed by atoms with E-state index >= 15 is 0 Å². The number of nitriles is 1. The fourth-order valence-corrected chi connectivity index (χ4v) is 1.42. The van der Waals surface area contributed by atoms with Gasteiger partial charge in [-0.1, -0.05) is 6.92 Å². The summed E-state index contributed by atoms with van der Waals surface area (Å²) in [6.07, 6.45) is 2.61. The predicted octanol–water partition coefficient (Wildman–Crippen LogP) is 1.25. The standard InChI is InChI=1S/C12H17N3O/c1-3-12-11(7-13)6-10(9-15-12)8-14-4-5-16-2/h6,9,14H,3-5,8H2,1-2H3. The molecule has 86 valence electrons. The minimum absolute atomic E-state index is 0.675. The molecule has 0 aliphatic heterocycles. The number of aromatic nitrogens is 1. The Bertz CT molecular complexity index is 371. The van der Waals surface area contributed by atoms with Gasteiger partial charge in [0.15, 0.2) is 0 Å². The molecule has 0 saturated heterocycles. The average molecular weight is 219 g/mol. The van der Waals surface area contributed by atoms with Crippen LogP contribution in [0.1, 0.15) is 23.7 Å². The molecule has 1 rings (SSSR count). The molecule has 1 aromatic heterocycles. The smallest absolute Gasteiger partial charge is 0.101 e. The summed E-state index contributed by atoms with van der Waals surface area (Å²) < 4.78 is 4.93. The molecule has 0 radical (unpaired) electrons. The number of methoxy groups -OCH3 is 1. The van der Waals surface area contributed by atoms with E-state index in [1.807, 2.05) is 19.2 Å². The van der Waals surface area contributed by atoms with E-state index in [9.17, 15) is 0 Å². The van der Waals surface area contributed by atoms with Crippen molar-refractivity contribution in [1.29, 1.82) is 5.26 Å². The van der Waals surface area contributed by atoms with E-state index in [1.165, 1.54) is 0 Å². The Hall–Kier alpha value is -1.44. The lowest BCUT2D eigenvalue weighted by atomic mass is 10.1. The number of nitrogens with one attached hydrogen (secondary N) is 1. The third-order valence-corrected chi connectivity index (χ3v) is 2.29. The first kappa shape index (κ1) is 12.6. The van der Waals surface area contributed by atoms with Crippen molar-refractivity contribution in [3.8, 4) is 6.07 Å². The van der Waals surface area contributed by atoms with Gasteiger partial charge in [-0.05, 0) is 18.1 Å². The number of hydrogen-bond acceptors (Lipinski definition) is 4. The lowest BCUT2D eigenvalue weighted by molar-refractivity contribution is 0.199. The minimum Gasteiger partial charge on any atom is -0.383 e. The molecule has 0 aliphatic rings. The van der Waals surface area contributed by atoms with E-state index in [-0.39, 0.29) is 0 Å². The zero-order valence-corrected chi connectivity index (χ0v) is 9.79. The van der Waals surface area contributed by atoms with Crippen LogP contribution in [0.2, 0.25) is 0 Å². The van der Waals surface area contributed by atoms with Gasteiger partial charge in [0.1, 0.15) is 6.07 Å². The van der Waals surface area contributed by atoms with Gasteiger partial charge in [-0.25, -0.2) is 0 Å². The molecule has 0 bridgehead atoms. The summed E-state index contributed by atoms with van der Waals surface area (Å²) in [5, 5.41) is 12.2. The van der Waals surface area contributed by atoms with Crippen molar-refractivity contribution in [2.75, 3.05) is 20.3 Å². The van der Waals surface area contributed by atoms with E-state index in [4.69, 9.17) is 10.00 Å². The summed E-state index contributed by atoms with van der Waals surface area (Å²) >= 11 is 0. The summed E-state index contributed by atoms with van der Waals surface area (Å²) in [6.45, 7) is 4.20. The number of rotatable bonds is 6. The topological polar surface area (TPSA) is 57.9 Å². The Balaban J connectivity index is 2.58. The molecule has 0 spiro atoms. The Kier molecular flexibility index (Phi) is 5.48. The van der Waals surface area contributed by atoms with Crippen LogP contribution in [-0.2, 0) is 17.7 Å². The second-order valence-electron chi connectivity index (χ2n) is 3.47. The highest BCUT2D eigenvalue weighted by Gasteiger charge is 2.02. The van der Waals surface area contributed by atoms with E-state index in [0.717, 1.165) is 30.8 Å². The van der Waals surface area contributed by atoms with Gasteiger partial charge in [0, 0.05) is 26.4 Å². The van der Waals surface area contributed by atoms with Crippen LogP contribution < -0.4 is 5.32 Å². The highest BCUT2D eigenvalue weighted by molar-refractivity contribution is 5.35. The third-order valence-electron chi connectivity index (χ3n) is 2.29. The van der Waals surface area contributed by atoms with E-state index in [0.29, 0.717) is 12.2 Å². The van der Waals surface area contributed by atoms with Crippen LogP contribution in [0.5, 0.6) is 0 Å². The van der Waals surface area contributed by atoms with Gasteiger partial charge < -0.3 is 10.1 Å². The normalized spacial score (nSPS) is 10.1. The van der Waals surface area contributed by atoms with Gasteiger partial charge in [0.25, 0.3) is 0 Å². The molecule has 1 aromatic rings. The maximum atomic E-state index is 8.95. The minimum atomic E-state index is 0.675. The van der Waals surface area contributed by atoms with Crippen molar-refractivity contribution in [2.45, 2.75) is 19.9 Å².